The minimum Gasteiger partial charge on any atom is -0.205 e. The Balaban J connectivity index is 2.41. The highest BCUT2D eigenvalue weighted by Crippen LogP contribution is 2.34. The predicted molar refractivity (Wildman–Crippen MR) is 78.1 cm³/mol. The lowest BCUT2D eigenvalue weighted by Gasteiger charge is -2.14. The van der Waals surface area contributed by atoms with Gasteiger partial charge in [0.25, 0.3) is 0 Å². The standard InChI is InChI=1S/C15H13BrClF/c1-9-3-5-12(10(2)7-9)15(16)11-4-6-13(17)14(18)8-11/h3-8,15H,1-2H3. The van der Waals surface area contributed by atoms with Gasteiger partial charge in [0.2, 0.25) is 0 Å². The molecular formula is C15H13BrClF. The van der Waals surface area contributed by atoms with Gasteiger partial charge in [-0.15, -0.1) is 0 Å². The Morgan fingerprint density at radius 2 is 1.83 bits per heavy atom. The summed E-state index contributed by atoms with van der Waals surface area (Å²) in [4.78, 5) is -0.0233. The van der Waals surface area contributed by atoms with Crippen molar-refractivity contribution in [3.63, 3.8) is 0 Å². The van der Waals surface area contributed by atoms with E-state index >= 15 is 0 Å². The molecule has 0 aliphatic carbocycles. The number of halogens is 3. The largest absolute Gasteiger partial charge is 0.205 e. The number of hydrogen-bond donors (Lipinski definition) is 0. The molecular weight excluding hydrogens is 315 g/mol. The first kappa shape index (κ1) is 13.6. The van der Waals surface area contributed by atoms with Gasteiger partial charge >= 0.3 is 0 Å². The van der Waals surface area contributed by atoms with Crippen LogP contribution in [0.2, 0.25) is 5.02 Å². The van der Waals surface area contributed by atoms with Crippen LogP contribution in [0.5, 0.6) is 0 Å². The van der Waals surface area contributed by atoms with Crippen molar-refractivity contribution >= 4 is 27.5 Å². The summed E-state index contributed by atoms with van der Waals surface area (Å²) in [5, 5.41) is 0.152. The Hall–Kier alpha value is -0.860. The van der Waals surface area contributed by atoms with Crippen molar-refractivity contribution in [3.05, 3.63) is 69.5 Å². The molecule has 0 bridgehead atoms. The number of hydrogen-bond acceptors (Lipinski definition) is 0. The average Bonchev–Trinajstić information content (AvgIpc) is 2.32. The van der Waals surface area contributed by atoms with E-state index in [9.17, 15) is 4.39 Å². The Bertz CT molecular complexity index is 581. The van der Waals surface area contributed by atoms with E-state index in [-0.39, 0.29) is 15.7 Å². The van der Waals surface area contributed by atoms with Crippen molar-refractivity contribution in [1.82, 2.24) is 0 Å². The van der Waals surface area contributed by atoms with Crippen LogP contribution in [0.4, 0.5) is 4.39 Å². The molecule has 0 nitrogen and oxygen atoms in total. The Kier molecular flexibility index (Phi) is 4.08. The summed E-state index contributed by atoms with van der Waals surface area (Å²) in [5.41, 5.74) is 4.41. The molecule has 0 saturated heterocycles. The number of aryl methyl sites for hydroxylation is 2. The van der Waals surface area contributed by atoms with Gasteiger partial charge in [0, 0.05) is 0 Å². The van der Waals surface area contributed by atoms with Crippen LogP contribution in [0.3, 0.4) is 0 Å². The monoisotopic (exact) mass is 326 g/mol. The maximum Gasteiger partial charge on any atom is 0.142 e. The fourth-order valence-corrected chi connectivity index (χ4v) is 2.88. The minimum absolute atomic E-state index is 0.0233. The number of rotatable bonds is 2. The van der Waals surface area contributed by atoms with Crippen LogP contribution in [0.25, 0.3) is 0 Å². The molecule has 94 valence electrons. The zero-order chi connectivity index (χ0) is 13.3. The normalized spacial score (nSPS) is 12.5. The highest BCUT2D eigenvalue weighted by Gasteiger charge is 2.14. The number of alkyl halides is 1. The van der Waals surface area contributed by atoms with Crippen LogP contribution < -0.4 is 0 Å². The molecule has 0 saturated carbocycles. The van der Waals surface area contributed by atoms with E-state index in [0.29, 0.717) is 0 Å². The highest BCUT2D eigenvalue weighted by atomic mass is 79.9. The lowest BCUT2D eigenvalue weighted by Crippen LogP contribution is -1.97. The first-order valence-corrected chi connectivity index (χ1v) is 6.94. The van der Waals surface area contributed by atoms with E-state index in [1.54, 1.807) is 6.07 Å². The van der Waals surface area contributed by atoms with E-state index in [1.165, 1.54) is 17.2 Å². The maximum atomic E-state index is 13.5. The quantitative estimate of drug-likeness (QED) is 0.632. The van der Waals surface area contributed by atoms with E-state index in [2.05, 4.69) is 48.0 Å². The molecule has 0 radical (unpaired) electrons. The van der Waals surface area contributed by atoms with Crippen molar-refractivity contribution in [2.24, 2.45) is 0 Å². The molecule has 0 aliphatic heterocycles. The molecule has 1 unspecified atom stereocenters. The Morgan fingerprint density at radius 1 is 1.11 bits per heavy atom. The van der Waals surface area contributed by atoms with E-state index in [1.807, 2.05) is 6.07 Å². The molecule has 0 aliphatic rings. The van der Waals surface area contributed by atoms with E-state index in [0.717, 1.165) is 11.1 Å². The summed E-state index contributed by atoms with van der Waals surface area (Å²) in [6.07, 6.45) is 0. The van der Waals surface area contributed by atoms with Crippen molar-refractivity contribution in [2.45, 2.75) is 18.7 Å². The molecule has 18 heavy (non-hydrogen) atoms. The zero-order valence-corrected chi connectivity index (χ0v) is 12.5. The summed E-state index contributed by atoms with van der Waals surface area (Å²) in [7, 11) is 0. The molecule has 1 atom stereocenters. The second kappa shape index (κ2) is 5.41. The SMILES string of the molecule is Cc1ccc(C(Br)c2ccc(Cl)c(F)c2)c(C)c1. The van der Waals surface area contributed by atoms with Gasteiger partial charge in [-0.05, 0) is 42.7 Å². The third-order valence-electron chi connectivity index (χ3n) is 2.93. The second-order valence-electron chi connectivity index (χ2n) is 4.40. The molecule has 3 heteroatoms. The molecule has 2 rings (SSSR count). The van der Waals surface area contributed by atoms with Crippen LogP contribution >= 0.6 is 27.5 Å². The molecule has 0 heterocycles. The molecule has 2 aromatic rings. The van der Waals surface area contributed by atoms with Gasteiger partial charge in [-0.3, -0.25) is 0 Å². The highest BCUT2D eigenvalue weighted by molar-refractivity contribution is 9.09. The van der Waals surface area contributed by atoms with Gasteiger partial charge < -0.3 is 0 Å². The van der Waals surface area contributed by atoms with Gasteiger partial charge in [0.15, 0.2) is 0 Å². The summed E-state index contributed by atoms with van der Waals surface area (Å²) >= 11 is 9.31. The van der Waals surface area contributed by atoms with Crippen molar-refractivity contribution in [2.75, 3.05) is 0 Å². The smallest absolute Gasteiger partial charge is 0.142 e. The third kappa shape index (κ3) is 2.76. The molecule has 0 fully saturated rings. The third-order valence-corrected chi connectivity index (χ3v) is 4.26. The Morgan fingerprint density at radius 3 is 2.44 bits per heavy atom. The molecule has 0 aromatic heterocycles. The molecule has 0 N–H and O–H groups in total. The summed E-state index contributed by atoms with van der Waals surface area (Å²) in [6, 6.07) is 11.1. The van der Waals surface area contributed by atoms with Crippen molar-refractivity contribution < 1.29 is 4.39 Å². The summed E-state index contributed by atoms with van der Waals surface area (Å²) in [6.45, 7) is 4.12. The van der Waals surface area contributed by atoms with Crippen LogP contribution in [0, 0.1) is 19.7 Å². The topological polar surface area (TPSA) is 0 Å². The van der Waals surface area contributed by atoms with Crippen LogP contribution in [-0.2, 0) is 0 Å². The van der Waals surface area contributed by atoms with Crippen LogP contribution in [-0.4, -0.2) is 0 Å². The van der Waals surface area contributed by atoms with Gasteiger partial charge in [-0.1, -0.05) is 57.4 Å². The number of benzene rings is 2. The average molecular weight is 328 g/mol. The van der Waals surface area contributed by atoms with Crippen LogP contribution in [0.15, 0.2) is 36.4 Å². The van der Waals surface area contributed by atoms with Crippen molar-refractivity contribution in [3.8, 4) is 0 Å². The first-order valence-electron chi connectivity index (χ1n) is 5.65. The predicted octanol–water partition coefficient (Wildman–Crippen LogP) is 5.58. The molecule has 2 aromatic carbocycles. The Labute approximate surface area is 120 Å². The lowest BCUT2D eigenvalue weighted by atomic mass is 9.99. The maximum absolute atomic E-state index is 13.5. The summed E-state index contributed by atoms with van der Waals surface area (Å²) in [5.74, 6) is -0.386. The van der Waals surface area contributed by atoms with Gasteiger partial charge in [-0.2, -0.15) is 0 Å². The second-order valence-corrected chi connectivity index (χ2v) is 5.72. The van der Waals surface area contributed by atoms with Crippen molar-refractivity contribution in [1.29, 1.82) is 0 Å². The van der Waals surface area contributed by atoms with Gasteiger partial charge in [0.1, 0.15) is 5.82 Å². The fourth-order valence-electron chi connectivity index (χ4n) is 1.96. The van der Waals surface area contributed by atoms with Gasteiger partial charge in [-0.25, -0.2) is 4.39 Å². The lowest BCUT2D eigenvalue weighted by molar-refractivity contribution is 0.626. The van der Waals surface area contributed by atoms with Gasteiger partial charge in [0.05, 0.1) is 9.85 Å². The fraction of sp³-hybridized carbons (Fsp3) is 0.200. The first-order chi connectivity index (χ1) is 8.49. The molecule has 0 spiro atoms. The summed E-state index contributed by atoms with van der Waals surface area (Å²) < 4.78 is 13.5. The minimum atomic E-state index is -0.386. The van der Waals surface area contributed by atoms with E-state index < -0.39 is 0 Å². The molecule has 0 amide bonds. The van der Waals surface area contributed by atoms with E-state index in [4.69, 9.17) is 11.6 Å². The van der Waals surface area contributed by atoms with Crippen LogP contribution in [0.1, 0.15) is 27.1 Å². The zero-order valence-electron chi connectivity index (χ0n) is 10.2.